The molecule has 0 fully saturated rings. The highest BCUT2D eigenvalue weighted by molar-refractivity contribution is 7.98. The lowest BCUT2D eigenvalue weighted by molar-refractivity contribution is 0.817. The molecule has 5 heteroatoms. The van der Waals surface area contributed by atoms with E-state index < -0.39 is 0 Å². The minimum Gasteiger partial charge on any atom is -0.370 e. The monoisotopic (exact) mass is 273 g/mol. The van der Waals surface area contributed by atoms with Crippen LogP contribution in [0.15, 0.2) is 6.07 Å². The number of hydrogen-bond donors (Lipinski definition) is 1. The molecular formula is C12H20ClN3S. The maximum absolute atomic E-state index is 5.95. The van der Waals surface area contributed by atoms with Crippen LogP contribution in [0.3, 0.4) is 0 Å². The van der Waals surface area contributed by atoms with Crippen molar-refractivity contribution in [3.63, 3.8) is 0 Å². The molecular weight excluding hydrogens is 254 g/mol. The lowest BCUT2D eigenvalue weighted by Gasteiger charge is -2.07. The van der Waals surface area contributed by atoms with Gasteiger partial charge in [0.2, 0.25) is 0 Å². The molecule has 1 heterocycles. The van der Waals surface area contributed by atoms with Crippen molar-refractivity contribution in [3.8, 4) is 0 Å². The van der Waals surface area contributed by atoms with Gasteiger partial charge in [-0.3, -0.25) is 0 Å². The van der Waals surface area contributed by atoms with Crippen molar-refractivity contribution in [1.29, 1.82) is 0 Å². The van der Waals surface area contributed by atoms with Crippen LogP contribution in [0.5, 0.6) is 0 Å². The fraction of sp³-hybridized carbons (Fsp3) is 0.667. The summed E-state index contributed by atoms with van der Waals surface area (Å²) < 4.78 is 0. The Morgan fingerprint density at radius 3 is 2.88 bits per heavy atom. The lowest BCUT2D eigenvalue weighted by Crippen LogP contribution is -2.06. The number of nitrogens with one attached hydrogen (secondary N) is 1. The molecule has 1 aromatic heterocycles. The Morgan fingerprint density at radius 1 is 1.35 bits per heavy atom. The van der Waals surface area contributed by atoms with E-state index in [1.807, 2.05) is 11.8 Å². The van der Waals surface area contributed by atoms with Crippen LogP contribution in [0.25, 0.3) is 0 Å². The molecule has 0 saturated heterocycles. The number of thioether (sulfide) groups is 1. The summed E-state index contributed by atoms with van der Waals surface area (Å²) in [6.07, 6.45) is 6.43. The molecule has 1 aromatic rings. The van der Waals surface area contributed by atoms with Crippen LogP contribution < -0.4 is 5.32 Å². The zero-order valence-electron chi connectivity index (χ0n) is 10.5. The Labute approximate surface area is 113 Å². The van der Waals surface area contributed by atoms with Crippen molar-refractivity contribution in [2.24, 2.45) is 0 Å². The van der Waals surface area contributed by atoms with Crippen molar-refractivity contribution < 1.29 is 0 Å². The zero-order valence-corrected chi connectivity index (χ0v) is 12.1. The third-order valence-corrected chi connectivity index (χ3v) is 3.19. The predicted molar refractivity (Wildman–Crippen MR) is 77.1 cm³/mol. The van der Waals surface area contributed by atoms with Gasteiger partial charge in [-0.1, -0.05) is 18.5 Å². The van der Waals surface area contributed by atoms with E-state index in [1.54, 1.807) is 6.07 Å². The summed E-state index contributed by atoms with van der Waals surface area (Å²) in [5.41, 5.74) is 0. The maximum Gasteiger partial charge on any atom is 0.134 e. The minimum absolute atomic E-state index is 0.523. The summed E-state index contributed by atoms with van der Waals surface area (Å²) >= 11 is 7.84. The number of unbranched alkanes of at least 4 members (excludes halogenated alkanes) is 1. The Kier molecular flexibility index (Phi) is 7.37. The summed E-state index contributed by atoms with van der Waals surface area (Å²) in [6, 6.07) is 1.79. The molecule has 0 radical (unpaired) electrons. The Hall–Kier alpha value is -0.480. The van der Waals surface area contributed by atoms with Gasteiger partial charge in [-0.05, 0) is 31.3 Å². The van der Waals surface area contributed by atoms with Crippen molar-refractivity contribution in [2.75, 3.05) is 23.9 Å². The summed E-state index contributed by atoms with van der Waals surface area (Å²) in [6.45, 7) is 3.05. The first-order chi connectivity index (χ1) is 8.26. The van der Waals surface area contributed by atoms with Gasteiger partial charge in [0.15, 0.2) is 0 Å². The van der Waals surface area contributed by atoms with Gasteiger partial charge in [0.1, 0.15) is 16.8 Å². The number of hydrogen-bond acceptors (Lipinski definition) is 4. The van der Waals surface area contributed by atoms with Crippen LogP contribution in [0, 0.1) is 0 Å². The first-order valence-electron chi connectivity index (χ1n) is 6.02. The molecule has 3 nitrogen and oxygen atoms in total. The number of rotatable bonds is 8. The van der Waals surface area contributed by atoms with Crippen molar-refractivity contribution >= 4 is 29.2 Å². The van der Waals surface area contributed by atoms with Crippen LogP contribution in [0.2, 0.25) is 5.15 Å². The fourth-order valence-corrected chi connectivity index (χ4v) is 2.17. The third kappa shape index (κ3) is 6.13. The lowest BCUT2D eigenvalue weighted by atomic mass is 10.3. The van der Waals surface area contributed by atoms with Crippen molar-refractivity contribution in [2.45, 2.75) is 32.6 Å². The Morgan fingerprint density at radius 2 is 2.18 bits per heavy atom. The number of halogens is 1. The number of nitrogens with zero attached hydrogens (tertiary/aromatic N) is 2. The Balaban J connectivity index is 2.41. The quantitative estimate of drug-likeness (QED) is 0.580. The zero-order chi connectivity index (χ0) is 12.5. The van der Waals surface area contributed by atoms with Crippen LogP contribution in [-0.4, -0.2) is 28.5 Å². The van der Waals surface area contributed by atoms with E-state index >= 15 is 0 Å². The summed E-state index contributed by atoms with van der Waals surface area (Å²) in [4.78, 5) is 8.62. The first-order valence-corrected chi connectivity index (χ1v) is 7.79. The van der Waals surface area contributed by atoms with Crippen molar-refractivity contribution in [1.82, 2.24) is 9.97 Å². The van der Waals surface area contributed by atoms with E-state index in [9.17, 15) is 0 Å². The highest BCUT2D eigenvalue weighted by Crippen LogP contribution is 2.12. The Bertz CT molecular complexity index is 334. The molecule has 0 bridgehead atoms. The van der Waals surface area contributed by atoms with Gasteiger partial charge in [-0.15, -0.1) is 0 Å². The topological polar surface area (TPSA) is 37.8 Å². The average molecular weight is 274 g/mol. The highest BCUT2D eigenvalue weighted by Gasteiger charge is 2.02. The highest BCUT2D eigenvalue weighted by atomic mass is 35.5. The molecule has 17 heavy (non-hydrogen) atoms. The summed E-state index contributed by atoms with van der Waals surface area (Å²) in [5.74, 6) is 2.89. The molecule has 1 N–H and O–H groups in total. The van der Waals surface area contributed by atoms with E-state index in [0.29, 0.717) is 5.15 Å². The molecule has 0 amide bonds. The molecule has 0 aromatic carbocycles. The average Bonchev–Trinajstić information content (AvgIpc) is 2.28. The van der Waals surface area contributed by atoms with Gasteiger partial charge >= 0.3 is 0 Å². The largest absolute Gasteiger partial charge is 0.370 e. The second kappa shape index (κ2) is 8.59. The molecule has 0 aliphatic heterocycles. The molecule has 1 rings (SSSR count). The second-order valence-electron chi connectivity index (χ2n) is 3.87. The number of aryl methyl sites for hydroxylation is 1. The smallest absolute Gasteiger partial charge is 0.134 e. The van der Waals surface area contributed by atoms with Crippen molar-refractivity contribution in [3.05, 3.63) is 17.0 Å². The molecule has 0 atom stereocenters. The minimum atomic E-state index is 0.523. The first kappa shape index (κ1) is 14.6. The second-order valence-corrected chi connectivity index (χ2v) is 5.24. The van der Waals surface area contributed by atoms with E-state index in [1.165, 1.54) is 12.2 Å². The molecule has 0 aliphatic rings. The van der Waals surface area contributed by atoms with Crippen LogP contribution in [-0.2, 0) is 6.42 Å². The maximum atomic E-state index is 5.95. The third-order valence-electron chi connectivity index (χ3n) is 2.30. The van der Waals surface area contributed by atoms with E-state index in [2.05, 4.69) is 28.5 Å². The number of aromatic nitrogens is 2. The standard InChI is InChI=1S/C12H20ClN3S/c1-3-6-11-15-10(13)9-12(16-11)14-7-4-5-8-17-2/h9H,3-8H2,1-2H3,(H,14,15,16). The molecule has 0 spiro atoms. The molecule has 0 unspecified atom stereocenters. The fourth-order valence-electron chi connectivity index (χ4n) is 1.48. The van der Waals surface area contributed by atoms with Gasteiger partial charge in [-0.2, -0.15) is 11.8 Å². The van der Waals surface area contributed by atoms with Gasteiger partial charge in [0, 0.05) is 19.0 Å². The van der Waals surface area contributed by atoms with E-state index in [-0.39, 0.29) is 0 Å². The summed E-state index contributed by atoms with van der Waals surface area (Å²) in [7, 11) is 0. The molecule has 0 saturated carbocycles. The number of anilines is 1. The van der Waals surface area contributed by atoms with E-state index in [4.69, 9.17) is 11.6 Å². The summed E-state index contributed by atoms with van der Waals surface area (Å²) in [5, 5.41) is 3.82. The molecule has 96 valence electrons. The van der Waals surface area contributed by atoms with Crippen LogP contribution in [0.4, 0.5) is 5.82 Å². The van der Waals surface area contributed by atoms with Gasteiger partial charge < -0.3 is 5.32 Å². The van der Waals surface area contributed by atoms with Gasteiger partial charge in [-0.25, -0.2) is 9.97 Å². The van der Waals surface area contributed by atoms with Crippen LogP contribution >= 0.6 is 23.4 Å². The van der Waals surface area contributed by atoms with E-state index in [0.717, 1.165) is 37.4 Å². The van der Waals surface area contributed by atoms with Gasteiger partial charge in [0.25, 0.3) is 0 Å². The van der Waals surface area contributed by atoms with Gasteiger partial charge in [0.05, 0.1) is 0 Å². The predicted octanol–water partition coefficient (Wildman–Crippen LogP) is 3.64. The normalized spacial score (nSPS) is 10.5. The van der Waals surface area contributed by atoms with Crippen LogP contribution in [0.1, 0.15) is 32.0 Å². The molecule has 0 aliphatic carbocycles. The SMILES string of the molecule is CCCc1nc(Cl)cc(NCCCCSC)n1.